The molecule has 1 aromatic rings. The van der Waals surface area contributed by atoms with Crippen LogP contribution in [-0.2, 0) is 16.1 Å². The van der Waals surface area contributed by atoms with E-state index in [4.69, 9.17) is 16.7 Å². The Morgan fingerprint density at radius 2 is 1.95 bits per heavy atom. The average Bonchev–Trinajstić information content (AvgIpc) is 2.43. The molecule has 0 aliphatic rings. The Morgan fingerprint density at radius 1 is 1.19 bits per heavy atom. The van der Waals surface area contributed by atoms with Crippen LogP contribution in [-0.4, -0.2) is 28.1 Å². The van der Waals surface area contributed by atoms with Crippen LogP contribution in [0.2, 0.25) is 5.02 Å². The summed E-state index contributed by atoms with van der Waals surface area (Å²) in [5, 5.41) is 11.7. The van der Waals surface area contributed by atoms with E-state index in [-0.39, 0.29) is 30.9 Å². The zero-order valence-corrected chi connectivity index (χ0v) is 12.4. The SMILES string of the molecule is O=C(O)CCCCCNC(=O)CCn1cc(Cl)ccc1=O. The van der Waals surface area contributed by atoms with Crippen LogP contribution < -0.4 is 10.9 Å². The highest BCUT2D eigenvalue weighted by Crippen LogP contribution is 2.03. The largest absolute Gasteiger partial charge is 0.481 e. The fourth-order valence-corrected chi connectivity index (χ4v) is 1.97. The summed E-state index contributed by atoms with van der Waals surface area (Å²) in [5.74, 6) is -0.939. The molecule has 1 rings (SSSR count). The number of carbonyl (C=O) groups excluding carboxylic acids is 1. The van der Waals surface area contributed by atoms with E-state index in [0.717, 1.165) is 12.8 Å². The number of aryl methyl sites for hydroxylation is 1. The highest BCUT2D eigenvalue weighted by atomic mass is 35.5. The van der Waals surface area contributed by atoms with Crippen molar-refractivity contribution in [1.82, 2.24) is 9.88 Å². The smallest absolute Gasteiger partial charge is 0.303 e. The van der Waals surface area contributed by atoms with E-state index in [1.54, 1.807) is 0 Å². The maximum Gasteiger partial charge on any atom is 0.303 e. The van der Waals surface area contributed by atoms with Gasteiger partial charge in [0.25, 0.3) is 5.56 Å². The lowest BCUT2D eigenvalue weighted by Gasteiger charge is -2.07. The lowest BCUT2D eigenvalue weighted by Crippen LogP contribution is -2.27. The summed E-state index contributed by atoms with van der Waals surface area (Å²) in [6.45, 7) is 0.799. The topological polar surface area (TPSA) is 88.4 Å². The predicted molar refractivity (Wildman–Crippen MR) is 79.4 cm³/mol. The standard InChI is InChI=1S/C14H19ClN2O4/c15-11-5-6-13(19)17(10-11)9-7-12(18)16-8-3-1-2-4-14(20)21/h5-6,10H,1-4,7-9H2,(H,16,18)(H,20,21). The lowest BCUT2D eigenvalue weighted by atomic mass is 10.2. The number of aromatic nitrogens is 1. The first-order chi connectivity index (χ1) is 9.99. The van der Waals surface area contributed by atoms with E-state index in [1.165, 1.54) is 22.9 Å². The Hall–Kier alpha value is -1.82. The summed E-state index contributed by atoms with van der Waals surface area (Å²) in [4.78, 5) is 33.4. The normalized spacial score (nSPS) is 10.3. The van der Waals surface area contributed by atoms with Crippen molar-refractivity contribution in [1.29, 1.82) is 0 Å². The van der Waals surface area contributed by atoms with Crippen LogP contribution in [0.1, 0.15) is 32.1 Å². The molecule has 0 fully saturated rings. The molecule has 0 radical (unpaired) electrons. The number of unbranched alkanes of at least 4 members (excludes halogenated alkanes) is 2. The van der Waals surface area contributed by atoms with Gasteiger partial charge in [0.15, 0.2) is 0 Å². The van der Waals surface area contributed by atoms with Crippen molar-refractivity contribution in [2.24, 2.45) is 0 Å². The summed E-state index contributed by atoms with van der Waals surface area (Å²) in [6, 6.07) is 2.88. The van der Waals surface area contributed by atoms with E-state index in [0.29, 0.717) is 18.0 Å². The number of carboxylic acid groups (broad SMARTS) is 1. The fraction of sp³-hybridized carbons (Fsp3) is 0.500. The van der Waals surface area contributed by atoms with Gasteiger partial charge in [-0.2, -0.15) is 0 Å². The van der Waals surface area contributed by atoms with E-state index in [2.05, 4.69) is 5.32 Å². The molecule has 0 spiro atoms. The summed E-state index contributed by atoms with van der Waals surface area (Å²) >= 11 is 5.78. The zero-order chi connectivity index (χ0) is 15.7. The molecule has 1 heterocycles. The van der Waals surface area contributed by atoms with Gasteiger partial charge in [0.1, 0.15) is 0 Å². The molecule has 0 unspecified atom stereocenters. The van der Waals surface area contributed by atoms with Crippen LogP contribution in [0, 0.1) is 0 Å². The zero-order valence-electron chi connectivity index (χ0n) is 11.7. The molecule has 0 saturated carbocycles. The van der Waals surface area contributed by atoms with Crippen molar-refractivity contribution in [2.45, 2.75) is 38.6 Å². The molecule has 0 saturated heterocycles. The number of nitrogens with one attached hydrogen (secondary N) is 1. The molecule has 1 aromatic heterocycles. The molecule has 7 heteroatoms. The van der Waals surface area contributed by atoms with Gasteiger partial charge in [-0.05, 0) is 18.9 Å². The van der Waals surface area contributed by atoms with E-state index >= 15 is 0 Å². The number of hydrogen-bond acceptors (Lipinski definition) is 3. The molecule has 116 valence electrons. The Morgan fingerprint density at radius 3 is 2.67 bits per heavy atom. The minimum Gasteiger partial charge on any atom is -0.481 e. The molecule has 0 aliphatic carbocycles. The number of hydrogen-bond donors (Lipinski definition) is 2. The Balaban J connectivity index is 2.18. The molecular formula is C14H19ClN2O4. The maximum atomic E-state index is 11.6. The van der Waals surface area contributed by atoms with E-state index in [9.17, 15) is 14.4 Å². The number of aliphatic carboxylic acids is 1. The summed E-state index contributed by atoms with van der Waals surface area (Å²) in [5.41, 5.74) is -0.194. The van der Waals surface area contributed by atoms with Crippen molar-refractivity contribution in [3.05, 3.63) is 33.7 Å². The highest BCUT2D eigenvalue weighted by molar-refractivity contribution is 6.30. The molecule has 0 aromatic carbocycles. The van der Waals surface area contributed by atoms with Gasteiger partial charge in [-0.25, -0.2) is 0 Å². The number of rotatable bonds is 9. The first-order valence-corrected chi connectivity index (χ1v) is 7.21. The van der Waals surface area contributed by atoms with Crippen LogP contribution in [0.5, 0.6) is 0 Å². The van der Waals surface area contributed by atoms with Gasteiger partial charge < -0.3 is 15.0 Å². The van der Waals surface area contributed by atoms with Gasteiger partial charge in [-0.3, -0.25) is 14.4 Å². The average molecular weight is 315 g/mol. The third kappa shape index (κ3) is 7.51. The lowest BCUT2D eigenvalue weighted by molar-refractivity contribution is -0.137. The van der Waals surface area contributed by atoms with Crippen LogP contribution >= 0.6 is 11.6 Å². The monoisotopic (exact) mass is 314 g/mol. The van der Waals surface area contributed by atoms with Gasteiger partial charge in [-0.1, -0.05) is 18.0 Å². The van der Waals surface area contributed by atoms with Crippen molar-refractivity contribution < 1.29 is 14.7 Å². The quantitative estimate of drug-likeness (QED) is 0.678. The van der Waals surface area contributed by atoms with Gasteiger partial charge in [0.05, 0.1) is 5.02 Å². The van der Waals surface area contributed by atoms with Gasteiger partial charge >= 0.3 is 5.97 Å². The number of amides is 1. The van der Waals surface area contributed by atoms with Crippen molar-refractivity contribution in [3.8, 4) is 0 Å². The number of carboxylic acids is 1. The van der Waals surface area contributed by atoms with Gasteiger partial charge in [0, 0.05) is 38.2 Å². The van der Waals surface area contributed by atoms with Crippen LogP contribution in [0.15, 0.2) is 23.1 Å². The third-order valence-electron chi connectivity index (χ3n) is 2.92. The molecule has 6 nitrogen and oxygen atoms in total. The highest BCUT2D eigenvalue weighted by Gasteiger charge is 2.03. The Kier molecular flexibility index (Phi) is 7.53. The second kappa shape index (κ2) is 9.18. The summed E-state index contributed by atoms with van der Waals surface area (Å²) in [7, 11) is 0. The van der Waals surface area contributed by atoms with Gasteiger partial charge in [-0.15, -0.1) is 0 Å². The molecule has 0 atom stereocenters. The summed E-state index contributed by atoms with van der Waals surface area (Å²) < 4.78 is 1.40. The van der Waals surface area contributed by atoms with Gasteiger partial charge in [0.2, 0.25) is 5.91 Å². The molecule has 1 amide bonds. The minimum atomic E-state index is -0.800. The third-order valence-corrected chi connectivity index (χ3v) is 3.14. The molecule has 21 heavy (non-hydrogen) atoms. The molecule has 2 N–H and O–H groups in total. The number of carbonyl (C=O) groups is 2. The van der Waals surface area contributed by atoms with Crippen molar-refractivity contribution >= 4 is 23.5 Å². The Labute approximate surface area is 127 Å². The second-order valence-electron chi connectivity index (χ2n) is 4.68. The second-order valence-corrected chi connectivity index (χ2v) is 5.12. The Bertz CT molecular complexity index is 542. The summed E-state index contributed by atoms with van der Waals surface area (Å²) in [6.07, 6.45) is 3.99. The van der Waals surface area contributed by atoms with Crippen molar-refractivity contribution in [2.75, 3.05) is 6.54 Å². The first kappa shape index (κ1) is 17.2. The molecule has 0 bridgehead atoms. The number of nitrogens with zero attached hydrogens (tertiary/aromatic N) is 1. The molecule has 0 aliphatic heterocycles. The van der Waals surface area contributed by atoms with Crippen LogP contribution in [0.25, 0.3) is 0 Å². The van der Waals surface area contributed by atoms with Crippen molar-refractivity contribution in [3.63, 3.8) is 0 Å². The van der Waals surface area contributed by atoms with Crippen LogP contribution in [0.3, 0.4) is 0 Å². The van der Waals surface area contributed by atoms with E-state index < -0.39 is 5.97 Å². The van der Waals surface area contributed by atoms with Crippen LogP contribution in [0.4, 0.5) is 0 Å². The minimum absolute atomic E-state index is 0.139. The first-order valence-electron chi connectivity index (χ1n) is 6.83. The predicted octanol–water partition coefficient (Wildman–Crippen LogP) is 1.65. The molecular weight excluding hydrogens is 296 g/mol. The number of pyridine rings is 1. The fourth-order valence-electron chi connectivity index (χ4n) is 1.79. The number of halogens is 1. The maximum absolute atomic E-state index is 11.6. The van der Waals surface area contributed by atoms with E-state index in [1.807, 2.05) is 0 Å².